The zero-order valence-corrected chi connectivity index (χ0v) is 34.6. The van der Waals surface area contributed by atoms with Gasteiger partial charge in [0.15, 0.2) is 5.11 Å². The fourth-order valence-electron chi connectivity index (χ4n) is 6.00. The van der Waals surface area contributed by atoms with Crippen molar-refractivity contribution in [3.8, 4) is 0 Å². The van der Waals surface area contributed by atoms with Crippen LogP contribution in [0.15, 0.2) is 24.3 Å². The van der Waals surface area contributed by atoms with E-state index in [0.717, 1.165) is 77.2 Å². The Morgan fingerprint density at radius 2 is 1.15 bits per heavy atom. The smallest absolute Gasteiger partial charge is 0.326 e. The Balaban J connectivity index is 1.69. The van der Waals surface area contributed by atoms with Crippen LogP contribution in [0.4, 0.5) is 10.5 Å². The molecule has 2 unspecified atom stereocenters. The molecule has 4 amide bonds. The van der Waals surface area contributed by atoms with Crippen LogP contribution in [-0.4, -0.2) is 150 Å². The van der Waals surface area contributed by atoms with Gasteiger partial charge in [-0.15, -0.1) is 0 Å². The van der Waals surface area contributed by atoms with Crippen molar-refractivity contribution < 1.29 is 54.0 Å². The summed E-state index contributed by atoms with van der Waals surface area (Å²) in [7, 11) is 0. The molecule has 4 atom stereocenters. The maximum Gasteiger partial charge on any atom is 0.326 e. The molecule has 22 heteroatoms. The van der Waals surface area contributed by atoms with Crippen molar-refractivity contribution in [3.63, 3.8) is 0 Å². The molecule has 21 nitrogen and oxygen atoms in total. The minimum Gasteiger partial charge on any atom is -0.481 e. The average Bonchev–Trinajstić information content (AvgIpc) is 3.18. The first-order valence-corrected chi connectivity index (χ1v) is 20.7. The second-order valence-electron chi connectivity index (χ2n) is 14.3. The van der Waals surface area contributed by atoms with Gasteiger partial charge in [0, 0.05) is 89.9 Å². The third-order valence-corrected chi connectivity index (χ3v) is 9.52. The van der Waals surface area contributed by atoms with Crippen LogP contribution in [0.2, 0.25) is 0 Å². The van der Waals surface area contributed by atoms with Gasteiger partial charge in [-0.05, 0) is 68.4 Å². The molecule has 1 fully saturated rings. The number of carbonyl (C=O) groups is 7. The van der Waals surface area contributed by atoms with Gasteiger partial charge in [0.05, 0.1) is 0 Å². The monoisotopic (exact) mass is 866 g/mol. The van der Waals surface area contributed by atoms with Crippen LogP contribution in [0.1, 0.15) is 69.8 Å². The predicted molar refractivity (Wildman–Crippen MR) is 226 cm³/mol. The molecule has 0 bridgehead atoms. The summed E-state index contributed by atoms with van der Waals surface area (Å²) < 4.78 is 0. The molecule has 0 aliphatic carbocycles. The number of benzene rings is 1. The zero-order chi connectivity index (χ0) is 44.1. The number of aliphatic carboxylic acids is 4. The lowest BCUT2D eigenvalue weighted by atomic mass is 10.1. The summed E-state index contributed by atoms with van der Waals surface area (Å²) in [5, 5.41) is 66.7. The Labute approximate surface area is 354 Å². The summed E-state index contributed by atoms with van der Waals surface area (Å²) in [6.07, 6.45) is 1.36. The topological polar surface area (TPSA) is 321 Å². The maximum atomic E-state index is 12.9. The van der Waals surface area contributed by atoms with E-state index in [1.165, 1.54) is 5.56 Å². The van der Waals surface area contributed by atoms with E-state index in [-0.39, 0.29) is 13.0 Å². The summed E-state index contributed by atoms with van der Waals surface area (Å²) in [5.74, 6) is -6.93. The highest BCUT2D eigenvalue weighted by molar-refractivity contribution is 7.80. The minimum absolute atomic E-state index is 0.224. The van der Waals surface area contributed by atoms with E-state index in [1.807, 2.05) is 22.8 Å². The lowest BCUT2D eigenvalue weighted by Crippen LogP contribution is -2.51. The molecule has 14 N–H and O–H groups in total. The molecule has 1 aromatic rings. The van der Waals surface area contributed by atoms with Crippen molar-refractivity contribution in [1.82, 2.24) is 47.9 Å². The number of nitrogens with one attached hydrogen (secondary N) is 10. The van der Waals surface area contributed by atoms with Crippen LogP contribution < -0.4 is 53.2 Å². The van der Waals surface area contributed by atoms with E-state index in [4.69, 9.17) is 22.4 Å². The Morgan fingerprint density at radius 1 is 0.633 bits per heavy atom. The van der Waals surface area contributed by atoms with Gasteiger partial charge in [0.25, 0.3) is 0 Å². The van der Waals surface area contributed by atoms with Crippen LogP contribution in [0, 0.1) is 0 Å². The number of hydrogen-bond donors (Lipinski definition) is 14. The van der Waals surface area contributed by atoms with Gasteiger partial charge in [0.2, 0.25) is 11.8 Å². The van der Waals surface area contributed by atoms with E-state index in [9.17, 15) is 43.8 Å². The maximum absolute atomic E-state index is 12.9. The molecule has 1 aliphatic heterocycles. The van der Waals surface area contributed by atoms with Gasteiger partial charge >= 0.3 is 29.9 Å². The van der Waals surface area contributed by atoms with Crippen LogP contribution >= 0.6 is 12.2 Å². The first-order valence-electron chi connectivity index (χ1n) is 20.3. The number of thiocarbonyl (C=S) groups is 1. The van der Waals surface area contributed by atoms with Crippen molar-refractivity contribution in [2.24, 2.45) is 0 Å². The highest BCUT2D eigenvalue weighted by Crippen LogP contribution is 2.12. The van der Waals surface area contributed by atoms with Gasteiger partial charge in [-0.2, -0.15) is 0 Å². The quantitative estimate of drug-likeness (QED) is 0.0420. The Kier molecular flexibility index (Phi) is 25.5. The van der Waals surface area contributed by atoms with Gasteiger partial charge in [-0.1, -0.05) is 25.0 Å². The summed E-state index contributed by atoms with van der Waals surface area (Å²) in [5.41, 5.74) is 2.11. The first-order chi connectivity index (χ1) is 28.7. The lowest BCUT2D eigenvalue weighted by molar-refractivity contribution is -0.141. The van der Waals surface area contributed by atoms with Crippen LogP contribution in [0.5, 0.6) is 0 Å². The standard InChI is InChI=1S/C38H62N10O11S/c49-31(12-9-29(35(55)56)47-37(59)48-30(36(57)58)11-14-33(52)53)46-28(10-13-32(50)51)34(54)43-15-3-1-2-4-16-44-38(60)45-26-7-5-25(6-8-26)23-27-24-41-20-19-39-17-18-40-21-22-42-27/h5-8,27-30,39-42H,1-4,9-24H2,(H,43,54)(H,46,49)(H,50,51)(H,52,53)(H,55,56)(H,57,58)(H2,44,45,60)(H2,47,48,59)/t27?,28?,29-,30-/m0/s1. The third kappa shape index (κ3) is 24.1. The fourth-order valence-corrected chi connectivity index (χ4v) is 6.22. The summed E-state index contributed by atoms with van der Waals surface area (Å²) >= 11 is 5.46. The number of anilines is 1. The fraction of sp³-hybridized carbons (Fsp3) is 0.632. The van der Waals surface area contributed by atoms with Gasteiger partial charge < -0.3 is 73.6 Å². The molecular formula is C38H62N10O11S. The number of carbonyl (C=O) groups excluding carboxylic acids is 3. The van der Waals surface area contributed by atoms with Crippen molar-refractivity contribution in [1.29, 1.82) is 0 Å². The van der Waals surface area contributed by atoms with Gasteiger partial charge in [0.1, 0.15) is 18.1 Å². The normalized spacial score (nSPS) is 16.2. The van der Waals surface area contributed by atoms with E-state index in [1.54, 1.807) is 0 Å². The molecule has 1 saturated heterocycles. The van der Waals surface area contributed by atoms with E-state index < -0.39 is 92.0 Å². The molecule has 0 aromatic heterocycles. The zero-order valence-electron chi connectivity index (χ0n) is 33.8. The molecule has 2 rings (SSSR count). The molecule has 60 heavy (non-hydrogen) atoms. The molecule has 1 heterocycles. The van der Waals surface area contributed by atoms with Crippen molar-refractivity contribution in [2.75, 3.05) is 64.2 Å². The van der Waals surface area contributed by atoms with E-state index >= 15 is 0 Å². The Hall–Kier alpha value is -5.16. The van der Waals surface area contributed by atoms with E-state index in [0.29, 0.717) is 24.1 Å². The average molecular weight is 867 g/mol. The predicted octanol–water partition coefficient (Wildman–Crippen LogP) is -0.867. The number of rotatable bonds is 25. The number of urea groups is 1. The third-order valence-electron chi connectivity index (χ3n) is 9.28. The van der Waals surface area contributed by atoms with Crippen LogP contribution in [0.25, 0.3) is 0 Å². The Morgan fingerprint density at radius 3 is 1.72 bits per heavy atom. The minimum atomic E-state index is -1.64. The molecular weight excluding hydrogens is 805 g/mol. The van der Waals surface area contributed by atoms with Crippen molar-refractivity contribution in [3.05, 3.63) is 29.8 Å². The number of unbranched alkanes of at least 4 members (excludes halogenated alkanes) is 3. The highest BCUT2D eigenvalue weighted by atomic mass is 32.1. The van der Waals surface area contributed by atoms with Crippen LogP contribution in [0.3, 0.4) is 0 Å². The largest absolute Gasteiger partial charge is 0.481 e. The highest BCUT2D eigenvalue weighted by Gasteiger charge is 2.27. The van der Waals surface area contributed by atoms with E-state index in [2.05, 4.69) is 54.7 Å². The van der Waals surface area contributed by atoms with Gasteiger partial charge in [-0.25, -0.2) is 14.4 Å². The summed E-state index contributed by atoms with van der Waals surface area (Å²) in [6, 6.07) is 2.88. The van der Waals surface area contributed by atoms with Crippen LogP contribution in [-0.2, 0) is 35.2 Å². The van der Waals surface area contributed by atoms with Crippen molar-refractivity contribution in [2.45, 2.75) is 94.8 Å². The summed E-state index contributed by atoms with van der Waals surface area (Å²) in [6.45, 7) is 7.40. The van der Waals surface area contributed by atoms with Crippen molar-refractivity contribution >= 4 is 64.7 Å². The second kappa shape index (κ2) is 30.0. The lowest BCUT2D eigenvalue weighted by Gasteiger charge is -2.21. The molecule has 0 spiro atoms. The Bertz CT molecular complexity index is 1530. The number of hydrogen-bond acceptors (Lipinski definition) is 12. The number of carboxylic acid groups (broad SMARTS) is 4. The molecule has 1 aromatic carbocycles. The first kappa shape index (κ1) is 51.0. The molecule has 0 saturated carbocycles. The van der Waals surface area contributed by atoms with Gasteiger partial charge in [-0.3, -0.25) is 19.2 Å². The number of amides is 4. The molecule has 0 radical (unpaired) electrons. The SMILES string of the molecule is O=C(O)CCC(NC(=O)CC[C@H](NC(=O)N[C@@H](CCC(=O)O)C(=O)O)C(=O)O)C(=O)NCCCCCCNC(=S)Nc1ccc(CC2CNCCNCCNCCN2)cc1. The molecule has 336 valence electrons. The summed E-state index contributed by atoms with van der Waals surface area (Å²) in [4.78, 5) is 82.7. The number of carboxylic acids is 4. The molecule has 1 aliphatic rings. The second-order valence-corrected chi connectivity index (χ2v) is 14.7.